The summed E-state index contributed by atoms with van der Waals surface area (Å²) < 4.78 is 12.6. The Labute approximate surface area is 213 Å². The highest BCUT2D eigenvalue weighted by Gasteiger charge is 2.33. The van der Waals surface area contributed by atoms with E-state index < -0.39 is 17.5 Å². The smallest absolute Gasteiger partial charge is 0.303 e. The lowest BCUT2D eigenvalue weighted by Crippen LogP contribution is -2.52. The zero-order chi connectivity index (χ0) is 26.3. The van der Waals surface area contributed by atoms with Crippen molar-refractivity contribution in [2.75, 3.05) is 13.2 Å². The van der Waals surface area contributed by atoms with Crippen molar-refractivity contribution in [3.63, 3.8) is 0 Å². The fourth-order valence-corrected chi connectivity index (χ4v) is 5.15. The quantitative estimate of drug-likeness (QED) is 0.271. The number of carbonyl (C=O) groups is 3. The minimum atomic E-state index is -1.04. The monoisotopic (exact) mass is 513 g/mol. The number of aryl methyl sites for hydroxylation is 1. The maximum absolute atomic E-state index is 13.3. The van der Waals surface area contributed by atoms with Crippen LogP contribution in [-0.2, 0) is 25.5 Å². The molecule has 0 aliphatic carbocycles. The molecule has 1 unspecified atom stereocenters. The van der Waals surface area contributed by atoms with Gasteiger partial charge in [-0.15, -0.1) is 11.3 Å². The Morgan fingerprint density at radius 1 is 1.03 bits per heavy atom. The van der Waals surface area contributed by atoms with Gasteiger partial charge in [-0.1, -0.05) is 13.0 Å². The topological polar surface area (TPSA) is 119 Å². The second-order valence-corrected chi connectivity index (χ2v) is 9.99. The van der Waals surface area contributed by atoms with Gasteiger partial charge in [-0.2, -0.15) is 0 Å². The largest absolute Gasteiger partial charge is 0.494 e. The van der Waals surface area contributed by atoms with Crippen molar-refractivity contribution in [1.82, 2.24) is 5.32 Å². The van der Waals surface area contributed by atoms with E-state index in [1.165, 1.54) is 25.2 Å². The number of nitrogens with one attached hydrogen (secondary N) is 1. The number of rotatable bonds is 12. The van der Waals surface area contributed by atoms with Crippen LogP contribution >= 0.6 is 11.3 Å². The molecule has 192 valence electrons. The van der Waals surface area contributed by atoms with Gasteiger partial charge in [0.2, 0.25) is 5.91 Å². The minimum absolute atomic E-state index is 0.0820. The molecule has 2 aromatic carbocycles. The third kappa shape index (κ3) is 7.04. The van der Waals surface area contributed by atoms with Gasteiger partial charge >= 0.3 is 11.9 Å². The third-order valence-corrected chi connectivity index (χ3v) is 7.03. The number of carboxylic acids is 1. The van der Waals surface area contributed by atoms with E-state index in [-0.39, 0.29) is 30.8 Å². The molecule has 0 radical (unpaired) electrons. The fourth-order valence-electron chi connectivity index (χ4n) is 4.12. The highest BCUT2D eigenvalue weighted by Crippen LogP contribution is 2.29. The number of benzene rings is 2. The molecule has 8 nitrogen and oxygen atoms in total. The first-order valence-corrected chi connectivity index (χ1v) is 12.7. The minimum Gasteiger partial charge on any atom is -0.494 e. The van der Waals surface area contributed by atoms with Gasteiger partial charge in [0, 0.05) is 40.4 Å². The van der Waals surface area contributed by atoms with Crippen molar-refractivity contribution in [1.29, 1.82) is 0 Å². The van der Waals surface area contributed by atoms with Crippen molar-refractivity contribution < 1.29 is 29.0 Å². The van der Waals surface area contributed by atoms with Gasteiger partial charge in [0.05, 0.1) is 12.1 Å². The number of fused-ring (bicyclic) bond motifs is 2. The van der Waals surface area contributed by atoms with E-state index in [4.69, 9.17) is 9.47 Å². The lowest BCUT2D eigenvalue weighted by atomic mass is 9.87. The normalized spacial score (nSPS) is 12.8. The molecular formula is C27H31NO7S. The first-order valence-electron chi connectivity index (χ1n) is 11.9. The first kappa shape index (κ1) is 27.1. The molecule has 0 spiro atoms. The van der Waals surface area contributed by atoms with Gasteiger partial charge in [-0.05, 0) is 61.6 Å². The molecule has 0 aliphatic heterocycles. The summed E-state index contributed by atoms with van der Waals surface area (Å²) in [6, 6.07) is 11.2. The Morgan fingerprint density at radius 3 is 2.36 bits per heavy atom. The molecule has 0 bridgehead atoms. The molecule has 0 aliphatic rings. The molecule has 1 amide bonds. The summed E-state index contributed by atoms with van der Waals surface area (Å²) in [6.07, 6.45) is 1.55. The summed E-state index contributed by atoms with van der Waals surface area (Å²) in [4.78, 5) is 48.0. The highest BCUT2D eigenvalue weighted by atomic mass is 32.1. The van der Waals surface area contributed by atoms with Crippen LogP contribution in [0, 0.1) is 0 Å². The molecule has 3 rings (SSSR count). The van der Waals surface area contributed by atoms with E-state index in [2.05, 4.69) is 5.32 Å². The summed E-state index contributed by atoms with van der Waals surface area (Å²) in [6.45, 7) is 5.06. The Balaban J connectivity index is 1.93. The number of ether oxygens (including phenoxy) is 2. The predicted octanol–water partition coefficient (Wildman–Crippen LogP) is 4.44. The van der Waals surface area contributed by atoms with Crippen molar-refractivity contribution in [2.24, 2.45) is 0 Å². The van der Waals surface area contributed by atoms with Gasteiger partial charge < -0.3 is 19.9 Å². The van der Waals surface area contributed by atoms with Crippen LogP contribution in [0.15, 0.2) is 41.2 Å². The summed E-state index contributed by atoms with van der Waals surface area (Å²) in [5.41, 5.74) is -0.262. The zero-order valence-electron chi connectivity index (χ0n) is 20.7. The van der Waals surface area contributed by atoms with Crippen molar-refractivity contribution in [3.8, 4) is 5.75 Å². The zero-order valence-corrected chi connectivity index (χ0v) is 21.5. The number of carbonyl (C=O) groups excluding carboxylic acids is 2. The number of hydrogen-bond acceptors (Lipinski definition) is 7. The van der Waals surface area contributed by atoms with Gasteiger partial charge in [0.1, 0.15) is 12.4 Å². The lowest BCUT2D eigenvalue weighted by Gasteiger charge is -2.34. The Hall–Kier alpha value is -3.46. The number of hydrogen-bond donors (Lipinski definition) is 2. The molecule has 0 fully saturated rings. The van der Waals surface area contributed by atoms with Crippen LogP contribution < -0.4 is 15.5 Å². The van der Waals surface area contributed by atoms with E-state index >= 15 is 0 Å². The summed E-state index contributed by atoms with van der Waals surface area (Å²) in [5, 5.41) is 13.2. The average molecular weight is 514 g/mol. The lowest BCUT2D eigenvalue weighted by molar-refractivity contribution is -0.145. The van der Waals surface area contributed by atoms with Crippen LogP contribution in [0.1, 0.15) is 52.0 Å². The summed E-state index contributed by atoms with van der Waals surface area (Å²) in [5.74, 6) is -1.21. The van der Waals surface area contributed by atoms with E-state index in [1.54, 1.807) is 6.07 Å². The van der Waals surface area contributed by atoms with E-state index in [9.17, 15) is 24.3 Å². The molecule has 0 saturated heterocycles. The third-order valence-electron chi connectivity index (χ3n) is 5.88. The Bertz CT molecular complexity index is 1310. The number of aliphatic carboxylic acids is 1. The number of amides is 1. The summed E-state index contributed by atoms with van der Waals surface area (Å²) >= 11 is 1.53. The van der Waals surface area contributed by atoms with E-state index in [0.717, 1.165) is 21.4 Å². The van der Waals surface area contributed by atoms with Gasteiger partial charge in [-0.25, -0.2) is 0 Å². The molecule has 36 heavy (non-hydrogen) atoms. The maximum Gasteiger partial charge on any atom is 0.303 e. The molecule has 1 heterocycles. The molecule has 1 atom stereocenters. The van der Waals surface area contributed by atoms with E-state index in [0.29, 0.717) is 36.0 Å². The molecule has 2 N–H and O–H groups in total. The average Bonchev–Trinajstić information content (AvgIpc) is 2.83. The number of carboxylic acid groups (broad SMARTS) is 1. The molecule has 9 heteroatoms. The van der Waals surface area contributed by atoms with Gasteiger partial charge in [-0.3, -0.25) is 19.2 Å². The summed E-state index contributed by atoms with van der Waals surface area (Å²) in [7, 11) is 0. The van der Waals surface area contributed by atoms with Crippen molar-refractivity contribution in [3.05, 3.63) is 52.2 Å². The molecule has 3 aromatic rings. The SMILES string of the molecule is CCCOc1ccc2sc3ccc(CCC(CCC(=O)O)(COC(C)=O)NC(C)=O)cc3c(=O)c2c1. The Kier molecular flexibility index (Phi) is 9.03. The first-order chi connectivity index (χ1) is 17.1. The van der Waals surface area contributed by atoms with E-state index in [1.807, 2.05) is 37.3 Å². The van der Waals surface area contributed by atoms with Gasteiger partial charge in [0.25, 0.3) is 0 Å². The van der Waals surface area contributed by atoms with Crippen LogP contribution in [0.2, 0.25) is 0 Å². The second-order valence-electron chi connectivity index (χ2n) is 8.90. The maximum atomic E-state index is 13.3. The standard InChI is InChI=1S/C27H31NO7S/c1-4-13-34-20-6-8-24-22(15-20)26(33)21-14-19(5-7-23(21)36-24)9-11-27(28-17(2)29,12-10-25(31)32)16-35-18(3)30/h5-8,14-15H,4,9-13,16H2,1-3H3,(H,28,29)(H,31,32). The van der Waals surface area contributed by atoms with Crippen LogP contribution in [0.4, 0.5) is 0 Å². The van der Waals surface area contributed by atoms with Crippen molar-refractivity contribution >= 4 is 49.4 Å². The van der Waals surface area contributed by atoms with Crippen LogP contribution in [-0.4, -0.2) is 41.7 Å². The predicted molar refractivity (Wildman–Crippen MR) is 140 cm³/mol. The number of esters is 1. The van der Waals surface area contributed by atoms with Crippen LogP contribution in [0.3, 0.4) is 0 Å². The van der Waals surface area contributed by atoms with Crippen molar-refractivity contribution in [2.45, 2.75) is 58.4 Å². The van der Waals surface area contributed by atoms with Crippen LogP contribution in [0.5, 0.6) is 5.75 Å². The molecule has 0 saturated carbocycles. The Morgan fingerprint density at radius 2 is 1.72 bits per heavy atom. The second kappa shape index (κ2) is 12.0. The molecular weight excluding hydrogens is 482 g/mol. The van der Waals surface area contributed by atoms with Crippen LogP contribution in [0.25, 0.3) is 20.2 Å². The highest BCUT2D eigenvalue weighted by molar-refractivity contribution is 7.24. The molecule has 1 aromatic heterocycles. The van der Waals surface area contributed by atoms with Gasteiger partial charge in [0.15, 0.2) is 5.43 Å². The fraction of sp³-hybridized carbons (Fsp3) is 0.407.